The van der Waals surface area contributed by atoms with E-state index in [4.69, 9.17) is 11.6 Å². The lowest BCUT2D eigenvalue weighted by Crippen LogP contribution is -2.16. The van der Waals surface area contributed by atoms with Crippen LogP contribution in [-0.4, -0.2) is 18.2 Å². The normalized spacial score (nSPS) is 12.5. The molecule has 5 nitrogen and oxygen atoms in total. The second-order valence-electron chi connectivity index (χ2n) is 4.92. The van der Waals surface area contributed by atoms with Crippen molar-refractivity contribution in [3.63, 3.8) is 0 Å². The molecule has 1 heterocycles. The average molecular weight is 368 g/mol. The Morgan fingerprint density at radius 3 is 2.35 bits per heavy atom. The summed E-state index contributed by atoms with van der Waals surface area (Å²) in [6.07, 6.45) is -4.61. The Balaban J connectivity index is 2.49. The van der Waals surface area contributed by atoms with Crippen LogP contribution < -0.4 is 4.72 Å². The minimum absolute atomic E-state index is 0.0894. The topological polar surface area (TPSA) is 64.0 Å². The molecule has 0 aliphatic heterocycles. The molecule has 0 unspecified atom stereocenters. The van der Waals surface area contributed by atoms with Crippen molar-refractivity contribution in [3.05, 3.63) is 40.2 Å². The fourth-order valence-electron chi connectivity index (χ4n) is 2.12. The highest BCUT2D eigenvalue weighted by Gasteiger charge is 2.32. The predicted octanol–water partition coefficient (Wildman–Crippen LogP) is 3.51. The summed E-state index contributed by atoms with van der Waals surface area (Å²) in [6.45, 7) is 3.04. The molecule has 1 N–H and O–H groups in total. The minimum Gasteiger partial charge on any atom is -0.278 e. The molecule has 0 aliphatic rings. The number of aryl methyl sites for hydroxylation is 2. The fourth-order valence-corrected chi connectivity index (χ4v) is 3.85. The van der Waals surface area contributed by atoms with Crippen molar-refractivity contribution in [3.8, 4) is 0 Å². The number of nitrogens with zero attached hydrogens (tertiary/aromatic N) is 2. The van der Waals surface area contributed by atoms with Crippen molar-refractivity contribution in [2.24, 2.45) is 7.05 Å². The minimum atomic E-state index is -4.61. The summed E-state index contributed by atoms with van der Waals surface area (Å²) in [4.78, 5) is -0.0894. The van der Waals surface area contributed by atoms with Gasteiger partial charge in [-0.2, -0.15) is 18.3 Å². The third kappa shape index (κ3) is 3.45. The lowest BCUT2D eigenvalue weighted by atomic mass is 10.2. The Morgan fingerprint density at radius 2 is 1.87 bits per heavy atom. The quantitative estimate of drug-likeness (QED) is 0.902. The van der Waals surface area contributed by atoms with E-state index in [0.29, 0.717) is 11.8 Å². The first kappa shape index (κ1) is 17.6. The summed E-state index contributed by atoms with van der Waals surface area (Å²) < 4.78 is 66.7. The van der Waals surface area contributed by atoms with Gasteiger partial charge in [0.25, 0.3) is 10.0 Å². The van der Waals surface area contributed by atoms with Crippen molar-refractivity contribution in [1.29, 1.82) is 0 Å². The summed E-state index contributed by atoms with van der Waals surface area (Å²) in [5, 5.41) is 3.84. The van der Waals surface area contributed by atoms with Crippen LogP contribution in [0.4, 0.5) is 18.9 Å². The van der Waals surface area contributed by atoms with Crippen LogP contribution in [0.2, 0.25) is 5.02 Å². The molecular weight excluding hydrogens is 355 g/mol. The highest BCUT2D eigenvalue weighted by molar-refractivity contribution is 7.92. The molecule has 126 valence electrons. The van der Waals surface area contributed by atoms with E-state index in [2.05, 4.69) is 9.82 Å². The maximum absolute atomic E-state index is 12.8. The number of hydrogen-bond donors (Lipinski definition) is 1. The third-order valence-corrected chi connectivity index (χ3v) is 5.20. The zero-order valence-corrected chi connectivity index (χ0v) is 13.9. The molecule has 0 saturated carbocycles. The van der Waals surface area contributed by atoms with Crippen molar-refractivity contribution >= 4 is 27.3 Å². The second-order valence-corrected chi connectivity index (χ2v) is 6.95. The number of halogens is 4. The first-order valence-electron chi connectivity index (χ1n) is 6.33. The van der Waals surface area contributed by atoms with Crippen LogP contribution in [-0.2, 0) is 23.2 Å². The van der Waals surface area contributed by atoms with E-state index in [-0.39, 0.29) is 21.3 Å². The number of rotatable bonds is 3. The monoisotopic (exact) mass is 367 g/mol. The molecule has 0 amide bonds. The Labute approximate surface area is 136 Å². The Morgan fingerprint density at radius 1 is 1.26 bits per heavy atom. The van der Waals surface area contributed by atoms with Gasteiger partial charge in [0, 0.05) is 7.05 Å². The number of benzene rings is 1. The molecular formula is C13H13ClF3N3O2S. The molecule has 0 spiro atoms. The van der Waals surface area contributed by atoms with Crippen LogP contribution in [0.5, 0.6) is 0 Å². The molecule has 10 heteroatoms. The van der Waals surface area contributed by atoms with Gasteiger partial charge in [-0.15, -0.1) is 0 Å². The molecule has 0 fully saturated rings. The average Bonchev–Trinajstić information content (AvgIpc) is 2.64. The zero-order chi connectivity index (χ0) is 17.6. The number of anilines is 1. The molecule has 23 heavy (non-hydrogen) atoms. The molecule has 0 atom stereocenters. The first-order chi connectivity index (χ1) is 10.4. The van der Waals surface area contributed by atoms with Crippen molar-refractivity contribution < 1.29 is 21.6 Å². The van der Waals surface area contributed by atoms with E-state index in [1.165, 1.54) is 11.6 Å². The molecule has 0 radical (unpaired) electrons. The van der Waals surface area contributed by atoms with Gasteiger partial charge in [0.15, 0.2) is 0 Å². The Kier molecular flexibility index (Phi) is 4.38. The van der Waals surface area contributed by atoms with Crippen LogP contribution in [0.25, 0.3) is 0 Å². The lowest BCUT2D eigenvalue weighted by Gasteiger charge is -2.13. The van der Waals surface area contributed by atoms with E-state index >= 15 is 0 Å². The van der Waals surface area contributed by atoms with Gasteiger partial charge < -0.3 is 0 Å². The van der Waals surface area contributed by atoms with Crippen molar-refractivity contribution in [2.75, 3.05) is 4.72 Å². The van der Waals surface area contributed by atoms with Crippen molar-refractivity contribution in [1.82, 2.24) is 9.78 Å². The molecule has 2 aromatic rings. The Bertz CT molecular complexity index is 860. The molecule has 0 bridgehead atoms. The Hall–Kier alpha value is -1.74. The van der Waals surface area contributed by atoms with E-state index in [9.17, 15) is 21.6 Å². The molecule has 0 aliphatic carbocycles. The smallest absolute Gasteiger partial charge is 0.278 e. The van der Waals surface area contributed by atoms with E-state index in [1.54, 1.807) is 14.0 Å². The van der Waals surface area contributed by atoms with Crippen LogP contribution in [0, 0.1) is 13.8 Å². The van der Waals surface area contributed by atoms with Gasteiger partial charge in [-0.1, -0.05) is 11.6 Å². The second kappa shape index (κ2) is 5.72. The number of hydrogen-bond acceptors (Lipinski definition) is 3. The van der Waals surface area contributed by atoms with Gasteiger partial charge in [0.1, 0.15) is 4.90 Å². The number of sulfonamides is 1. The van der Waals surface area contributed by atoms with E-state index in [1.807, 2.05) is 0 Å². The van der Waals surface area contributed by atoms with Gasteiger partial charge in [0.05, 0.1) is 27.7 Å². The van der Waals surface area contributed by atoms with Gasteiger partial charge in [0.2, 0.25) is 0 Å². The van der Waals surface area contributed by atoms with Gasteiger partial charge in [-0.05, 0) is 32.0 Å². The highest BCUT2D eigenvalue weighted by Crippen LogP contribution is 2.35. The van der Waals surface area contributed by atoms with Gasteiger partial charge in [-0.3, -0.25) is 9.40 Å². The predicted molar refractivity (Wildman–Crippen MR) is 79.9 cm³/mol. The van der Waals surface area contributed by atoms with Crippen LogP contribution >= 0.6 is 11.6 Å². The largest absolute Gasteiger partial charge is 0.416 e. The van der Waals surface area contributed by atoms with Crippen molar-refractivity contribution in [2.45, 2.75) is 24.9 Å². The summed E-state index contributed by atoms with van der Waals surface area (Å²) >= 11 is 5.81. The fraction of sp³-hybridized carbons (Fsp3) is 0.308. The maximum atomic E-state index is 12.8. The first-order valence-corrected chi connectivity index (χ1v) is 8.19. The molecule has 0 saturated heterocycles. The van der Waals surface area contributed by atoms with Crippen LogP contribution in [0.15, 0.2) is 23.1 Å². The lowest BCUT2D eigenvalue weighted by molar-refractivity contribution is -0.137. The number of alkyl halides is 3. The maximum Gasteiger partial charge on any atom is 0.416 e. The summed E-state index contributed by atoms with van der Waals surface area (Å²) in [5.41, 5.74) is -0.748. The highest BCUT2D eigenvalue weighted by atomic mass is 35.5. The SMILES string of the molecule is Cc1nn(C)c(C)c1S(=O)(=O)Nc1cc(C(F)(F)F)ccc1Cl. The summed E-state index contributed by atoms with van der Waals surface area (Å²) in [6, 6.07) is 2.42. The van der Waals surface area contributed by atoms with E-state index in [0.717, 1.165) is 12.1 Å². The van der Waals surface area contributed by atoms with Crippen LogP contribution in [0.3, 0.4) is 0 Å². The molecule has 1 aromatic carbocycles. The number of aromatic nitrogens is 2. The third-order valence-electron chi connectivity index (χ3n) is 3.25. The zero-order valence-electron chi connectivity index (χ0n) is 12.4. The summed E-state index contributed by atoms with van der Waals surface area (Å²) in [7, 11) is -2.56. The van der Waals surface area contributed by atoms with E-state index < -0.39 is 21.8 Å². The molecule has 2 rings (SSSR count). The summed E-state index contributed by atoms with van der Waals surface area (Å²) in [5.74, 6) is 0. The van der Waals surface area contributed by atoms with Gasteiger partial charge >= 0.3 is 6.18 Å². The van der Waals surface area contributed by atoms with Gasteiger partial charge in [-0.25, -0.2) is 8.42 Å². The standard InChI is InChI=1S/C13H13ClF3N3O2S/c1-7-12(8(2)20(3)18-7)23(21,22)19-11-6-9(13(15,16)17)4-5-10(11)14/h4-6,19H,1-3H3. The molecule has 1 aromatic heterocycles. The van der Waals surface area contributed by atoms with Crippen LogP contribution in [0.1, 0.15) is 17.0 Å². The number of nitrogens with one attached hydrogen (secondary N) is 1.